The van der Waals surface area contributed by atoms with Gasteiger partial charge < -0.3 is 4.98 Å². The van der Waals surface area contributed by atoms with Crippen LogP contribution in [0.25, 0.3) is 0 Å². The van der Waals surface area contributed by atoms with E-state index in [0.717, 1.165) is 5.69 Å². The van der Waals surface area contributed by atoms with Crippen molar-refractivity contribution in [1.29, 1.82) is 5.26 Å². The van der Waals surface area contributed by atoms with E-state index in [1.54, 1.807) is 19.1 Å². The van der Waals surface area contributed by atoms with Gasteiger partial charge in [0.05, 0.1) is 5.56 Å². The minimum atomic E-state index is -0.212. The van der Waals surface area contributed by atoms with Crippen molar-refractivity contribution in [2.75, 3.05) is 0 Å². The highest BCUT2D eigenvalue weighted by molar-refractivity contribution is 7.99. The molecule has 0 fully saturated rings. The van der Waals surface area contributed by atoms with E-state index >= 15 is 0 Å². The molecule has 6 heteroatoms. The fourth-order valence-corrected chi connectivity index (χ4v) is 2.32. The van der Waals surface area contributed by atoms with Gasteiger partial charge in [-0.3, -0.25) is 4.79 Å². The number of aryl methyl sites for hydroxylation is 2. The minimum absolute atomic E-state index is 0.212. The molecule has 0 radical (unpaired) electrons. The van der Waals surface area contributed by atoms with Crippen LogP contribution in [0.4, 0.5) is 0 Å². The molecule has 0 aliphatic carbocycles. The summed E-state index contributed by atoms with van der Waals surface area (Å²) < 4.78 is 0. The van der Waals surface area contributed by atoms with Crippen LogP contribution in [-0.4, -0.2) is 15.0 Å². The minimum Gasteiger partial charge on any atom is -0.301 e. The molecule has 90 valence electrons. The van der Waals surface area contributed by atoms with Gasteiger partial charge in [-0.1, -0.05) is 0 Å². The number of nitrogens with one attached hydrogen (secondary N) is 1. The Labute approximate surface area is 108 Å². The number of pyridine rings is 1. The topological polar surface area (TPSA) is 82.4 Å². The zero-order valence-corrected chi connectivity index (χ0v) is 10.7. The van der Waals surface area contributed by atoms with Crippen LogP contribution in [0.1, 0.15) is 17.0 Å². The molecule has 2 aromatic heterocycles. The van der Waals surface area contributed by atoms with Crippen LogP contribution in [0.2, 0.25) is 0 Å². The third-order valence-corrected chi connectivity index (χ3v) is 3.05. The number of nitrogens with zero attached hydrogens (tertiary/aromatic N) is 3. The van der Waals surface area contributed by atoms with Crippen molar-refractivity contribution in [1.82, 2.24) is 15.0 Å². The molecule has 0 saturated carbocycles. The lowest BCUT2D eigenvalue weighted by atomic mass is 10.3. The van der Waals surface area contributed by atoms with E-state index in [1.807, 2.05) is 6.92 Å². The standard InChI is InChI=1S/C12H10N4OS/c1-7-3-4-9(6-13)11(14-7)18-12-15-8(2)5-10(17)16-12/h3-5H,1-2H3,(H,15,16,17). The number of hydrogen-bond acceptors (Lipinski definition) is 5. The molecule has 2 rings (SSSR count). The van der Waals surface area contributed by atoms with Crippen LogP contribution in [0.5, 0.6) is 0 Å². The Balaban J connectivity index is 2.42. The molecule has 1 N–H and O–H groups in total. The van der Waals surface area contributed by atoms with Crippen molar-refractivity contribution in [2.45, 2.75) is 24.0 Å². The lowest BCUT2D eigenvalue weighted by molar-refractivity contribution is 0.900. The number of H-pyrrole nitrogens is 1. The van der Waals surface area contributed by atoms with Crippen molar-refractivity contribution >= 4 is 11.8 Å². The Morgan fingerprint density at radius 2 is 2.06 bits per heavy atom. The van der Waals surface area contributed by atoms with Crippen molar-refractivity contribution in [3.63, 3.8) is 0 Å². The average molecular weight is 258 g/mol. The molecular formula is C12H10N4OS. The lowest BCUT2D eigenvalue weighted by Gasteiger charge is -2.03. The Hall–Kier alpha value is -2.13. The predicted molar refractivity (Wildman–Crippen MR) is 67.4 cm³/mol. The van der Waals surface area contributed by atoms with Crippen molar-refractivity contribution in [3.05, 3.63) is 45.5 Å². The first kappa shape index (κ1) is 12.3. The summed E-state index contributed by atoms with van der Waals surface area (Å²) in [7, 11) is 0. The first-order chi connectivity index (χ1) is 8.58. The van der Waals surface area contributed by atoms with Crippen LogP contribution >= 0.6 is 11.8 Å². The van der Waals surface area contributed by atoms with Gasteiger partial charge in [-0.25, -0.2) is 9.97 Å². The quantitative estimate of drug-likeness (QED) is 0.830. The third kappa shape index (κ3) is 2.76. The van der Waals surface area contributed by atoms with Gasteiger partial charge in [0.1, 0.15) is 11.1 Å². The van der Waals surface area contributed by atoms with Gasteiger partial charge in [0.25, 0.3) is 5.56 Å². The maximum absolute atomic E-state index is 11.3. The number of nitriles is 1. The third-order valence-electron chi connectivity index (χ3n) is 2.16. The van der Waals surface area contributed by atoms with E-state index in [1.165, 1.54) is 17.8 Å². The Bertz CT molecular complexity index is 687. The summed E-state index contributed by atoms with van der Waals surface area (Å²) >= 11 is 1.18. The van der Waals surface area contributed by atoms with Crippen molar-refractivity contribution in [3.8, 4) is 6.07 Å². The number of aromatic nitrogens is 3. The Morgan fingerprint density at radius 3 is 2.72 bits per heavy atom. The summed E-state index contributed by atoms with van der Waals surface area (Å²) in [5.41, 5.74) is 1.70. The maximum atomic E-state index is 11.3. The van der Waals surface area contributed by atoms with E-state index in [0.29, 0.717) is 21.4 Å². The zero-order valence-electron chi connectivity index (χ0n) is 9.89. The summed E-state index contributed by atoms with van der Waals surface area (Å²) in [6.45, 7) is 3.59. The van der Waals surface area contributed by atoms with E-state index in [-0.39, 0.29) is 5.56 Å². The summed E-state index contributed by atoms with van der Waals surface area (Å²) in [4.78, 5) is 22.4. The summed E-state index contributed by atoms with van der Waals surface area (Å²) in [5.74, 6) is 0. The van der Waals surface area contributed by atoms with Gasteiger partial charge in [-0.05, 0) is 37.7 Å². The van der Waals surface area contributed by atoms with Crippen molar-refractivity contribution < 1.29 is 0 Å². The molecule has 0 bridgehead atoms. The van der Waals surface area contributed by atoms with Crippen molar-refractivity contribution in [2.24, 2.45) is 0 Å². The van der Waals surface area contributed by atoms with Gasteiger partial charge in [-0.2, -0.15) is 5.26 Å². The molecule has 0 amide bonds. The molecule has 5 nitrogen and oxygen atoms in total. The molecule has 0 aliphatic heterocycles. The highest BCUT2D eigenvalue weighted by Gasteiger charge is 2.08. The smallest absolute Gasteiger partial charge is 0.251 e. The second-order valence-electron chi connectivity index (χ2n) is 3.71. The molecule has 0 atom stereocenters. The fraction of sp³-hybridized carbons (Fsp3) is 0.167. The molecular weight excluding hydrogens is 248 g/mol. The van der Waals surface area contributed by atoms with Crippen LogP contribution in [0.3, 0.4) is 0 Å². The summed E-state index contributed by atoms with van der Waals surface area (Å²) in [6, 6.07) is 6.96. The second-order valence-corrected chi connectivity index (χ2v) is 4.69. The van der Waals surface area contributed by atoms with Crippen LogP contribution in [-0.2, 0) is 0 Å². The first-order valence-electron chi connectivity index (χ1n) is 5.22. The highest BCUT2D eigenvalue weighted by atomic mass is 32.2. The molecule has 0 unspecified atom stereocenters. The maximum Gasteiger partial charge on any atom is 0.251 e. The Morgan fingerprint density at radius 1 is 1.28 bits per heavy atom. The monoisotopic (exact) mass is 258 g/mol. The molecule has 0 spiro atoms. The van der Waals surface area contributed by atoms with Crippen LogP contribution in [0.15, 0.2) is 33.2 Å². The first-order valence-corrected chi connectivity index (χ1v) is 6.03. The van der Waals surface area contributed by atoms with E-state index in [2.05, 4.69) is 21.0 Å². The van der Waals surface area contributed by atoms with Crippen LogP contribution < -0.4 is 5.56 Å². The van der Waals surface area contributed by atoms with E-state index in [9.17, 15) is 4.79 Å². The van der Waals surface area contributed by atoms with Gasteiger partial charge in [0.2, 0.25) is 0 Å². The second kappa shape index (κ2) is 5.02. The number of aromatic amines is 1. The fourth-order valence-electron chi connectivity index (χ4n) is 1.39. The molecule has 0 aliphatic rings. The Kier molecular flexibility index (Phi) is 3.44. The SMILES string of the molecule is Cc1cc(=O)[nH]c(Sc2nc(C)ccc2C#N)n1. The molecule has 2 heterocycles. The summed E-state index contributed by atoms with van der Waals surface area (Å²) in [5, 5.41) is 9.99. The van der Waals surface area contributed by atoms with E-state index < -0.39 is 0 Å². The van der Waals surface area contributed by atoms with Gasteiger partial charge in [0, 0.05) is 17.5 Å². The normalized spacial score (nSPS) is 10.1. The predicted octanol–water partition coefficient (Wildman–Crippen LogP) is 1.80. The van der Waals surface area contributed by atoms with Gasteiger partial charge >= 0.3 is 0 Å². The highest BCUT2D eigenvalue weighted by Crippen LogP contribution is 2.25. The number of hydrogen-bond donors (Lipinski definition) is 1. The largest absolute Gasteiger partial charge is 0.301 e. The summed E-state index contributed by atoms with van der Waals surface area (Å²) in [6.07, 6.45) is 0. The number of rotatable bonds is 2. The molecule has 2 aromatic rings. The molecule has 18 heavy (non-hydrogen) atoms. The van der Waals surface area contributed by atoms with Gasteiger partial charge in [-0.15, -0.1) is 0 Å². The van der Waals surface area contributed by atoms with Crippen LogP contribution in [0, 0.1) is 25.2 Å². The molecule has 0 saturated heterocycles. The zero-order chi connectivity index (χ0) is 13.1. The average Bonchev–Trinajstić information content (AvgIpc) is 2.27. The molecule has 0 aromatic carbocycles. The van der Waals surface area contributed by atoms with E-state index in [4.69, 9.17) is 5.26 Å². The van der Waals surface area contributed by atoms with Gasteiger partial charge in [0.15, 0.2) is 5.16 Å². The lowest BCUT2D eigenvalue weighted by Crippen LogP contribution is -2.08.